The molecule has 5 heteroatoms. The van der Waals surface area contributed by atoms with Gasteiger partial charge in [0, 0.05) is 31.6 Å². The summed E-state index contributed by atoms with van der Waals surface area (Å²) in [5, 5.41) is 8.15. The third-order valence-electron chi connectivity index (χ3n) is 4.21. The highest BCUT2D eigenvalue weighted by atomic mass is 15.3. The fourth-order valence-corrected chi connectivity index (χ4v) is 2.86. The summed E-state index contributed by atoms with van der Waals surface area (Å²) < 4.78 is 2.12. The van der Waals surface area contributed by atoms with Crippen molar-refractivity contribution in [3.05, 3.63) is 48.0 Å². The summed E-state index contributed by atoms with van der Waals surface area (Å²) in [7, 11) is 0. The number of nitrogens with zero attached hydrogens (tertiary/aromatic N) is 4. The van der Waals surface area contributed by atoms with Gasteiger partial charge in [-0.2, -0.15) is 0 Å². The Balaban J connectivity index is 1.76. The number of hydrogen-bond donors (Lipinski definition) is 1. The molecule has 1 aliphatic rings. The highest BCUT2D eigenvalue weighted by Crippen LogP contribution is 2.25. The van der Waals surface area contributed by atoms with Crippen LogP contribution in [-0.4, -0.2) is 39.3 Å². The first kappa shape index (κ1) is 13.3. The molecule has 0 fully saturated rings. The molecule has 2 N–H and O–H groups in total. The van der Waals surface area contributed by atoms with Crippen molar-refractivity contribution >= 4 is 0 Å². The lowest BCUT2D eigenvalue weighted by Crippen LogP contribution is -2.46. The van der Waals surface area contributed by atoms with Crippen molar-refractivity contribution in [2.24, 2.45) is 5.73 Å². The van der Waals surface area contributed by atoms with Crippen LogP contribution in [0.4, 0.5) is 0 Å². The molecule has 106 valence electrons. The molecule has 0 amide bonds. The van der Waals surface area contributed by atoms with E-state index in [4.69, 9.17) is 5.73 Å². The van der Waals surface area contributed by atoms with Gasteiger partial charge in [-0.05, 0) is 5.56 Å². The molecule has 5 nitrogen and oxygen atoms in total. The van der Waals surface area contributed by atoms with Gasteiger partial charge < -0.3 is 10.3 Å². The van der Waals surface area contributed by atoms with Gasteiger partial charge >= 0.3 is 0 Å². The number of fused-ring (bicyclic) bond motifs is 1. The summed E-state index contributed by atoms with van der Waals surface area (Å²) in [5.74, 6) is 1.05. The monoisotopic (exact) mass is 271 g/mol. The molecule has 1 unspecified atom stereocenters. The summed E-state index contributed by atoms with van der Waals surface area (Å²) in [5.41, 5.74) is 7.35. The molecule has 2 aromatic rings. The Hall–Kier alpha value is -1.72. The predicted molar refractivity (Wildman–Crippen MR) is 78.1 cm³/mol. The van der Waals surface area contributed by atoms with E-state index in [0.29, 0.717) is 6.54 Å². The Bertz CT molecular complexity index is 565. The van der Waals surface area contributed by atoms with Gasteiger partial charge in [-0.1, -0.05) is 37.3 Å². The maximum Gasteiger partial charge on any atom is 0.147 e. The highest BCUT2D eigenvalue weighted by molar-refractivity contribution is 5.25. The van der Waals surface area contributed by atoms with Gasteiger partial charge in [-0.25, -0.2) is 0 Å². The van der Waals surface area contributed by atoms with E-state index < -0.39 is 0 Å². The molecule has 0 aliphatic carbocycles. The van der Waals surface area contributed by atoms with E-state index in [2.05, 4.69) is 50.9 Å². The molecule has 1 aromatic carbocycles. The second kappa shape index (κ2) is 5.34. The fourth-order valence-electron chi connectivity index (χ4n) is 2.86. The molecule has 20 heavy (non-hydrogen) atoms. The summed E-state index contributed by atoms with van der Waals surface area (Å²) in [6.45, 7) is 6.65. The predicted octanol–water partition coefficient (Wildman–Crippen LogP) is 1.01. The molecule has 0 bridgehead atoms. The first-order valence-electron chi connectivity index (χ1n) is 7.06. The lowest BCUT2D eigenvalue weighted by molar-refractivity contribution is 0.175. The standard InChI is InChI=1S/C15H21N5/c1-15(10-16,13-5-3-2-4-6-13)11-19-7-8-20-12-17-18-14(20)9-19/h2-6,12H,7-11,16H2,1H3. The van der Waals surface area contributed by atoms with E-state index in [0.717, 1.165) is 32.0 Å². The van der Waals surface area contributed by atoms with Crippen LogP contribution in [0.15, 0.2) is 36.7 Å². The first-order valence-corrected chi connectivity index (χ1v) is 7.06. The van der Waals surface area contributed by atoms with Crippen molar-refractivity contribution in [1.29, 1.82) is 0 Å². The topological polar surface area (TPSA) is 60.0 Å². The Morgan fingerprint density at radius 2 is 2.05 bits per heavy atom. The number of benzene rings is 1. The Morgan fingerprint density at radius 1 is 1.25 bits per heavy atom. The molecule has 1 aromatic heterocycles. The van der Waals surface area contributed by atoms with Gasteiger partial charge in [-0.15, -0.1) is 10.2 Å². The van der Waals surface area contributed by atoms with E-state index in [1.54, 1.807) is 0 Å². The summed E-state index contributed by atoms with van der Waals surface area (Å²) in [4.78, 5) is 2.42. The minimum absolute atomic E-state index is 0.0244. The molecular formula is C15H21N5. The van der Waals surface area contributed by atoms with Crippen LogP contribution in [-0.2, 0) is 18.5 Å². The zero-order valence-corrected chi connectivity index (χ0v) is 11.9. The van der Waals surface area contributed by atoms with E-state index in [9.17, 15) is 0 Å². The van der Waals surface area contributed by atoms with Crippen LogP contribution in [0.3, 0.4) is 0 Å². The number of rotatable bonds is 4. The molecule has 2 heterocycles. The molecule has 0 radical (unpaired) electrons. The normalized spacial score (nSPS) is 18.5. The van der Waals surface area contributed by atoms with Gasteiger partial charge in [0.05, 0.1) is 6.54 Å². The van der Waals surface area contributed by atoms with Crippen molar-refractivity contribution in [3.8, 4) is 0 Å². The first-order chi connectivity index (χ1) is 9.71. The van der Waals surface area contributed by atoms with E-state index in [-0.39, 0.29) is 5.41 Å². The van der Waals surface area contributed by atoms with Crippen molar-refractivity contribution in [1.82, 2.24) is 19.7 Å². The number of hydrogen-bond acceptors (Lipinski definition) is 4. The fraction of sp³-hybridized carbons (Fsp3) is 0.467. The zero-order chi connectivity index (χ0) is 14.0. The molecule has 0 spiro atoms. The highest BCUT2D eigenvalue weighted by Gasteiger charge is 2.29. The molecule has 1 atom stereocenters. The second-order valence-corrected chi connectivity index (χ2v) is 5.78. The molecule has 1 aliphatic heterocycles. The molecule has 0 saturated heterocycles. The van der Waals surface area contributed by atoms with Crippen LogP contribution in [0.5, 0.6) is 0 Å². The zero-order valence-electron chi connectivity index (χ0n) is 11.9. The maximum atomic E-state index is 6.07. The second-order valence-electron chi connectivity index (χ2n) is 5.78. The van der Waals surface area contributed by atoms with Crippen LogP contribution in [0.1, 0.15) is 18.3 Å². The molecular weight excluding hydrogens is 250 g/mol. The minimum atomic E-state index is -0.0244. The van der Waals surface area contributed by atoms with Crippen molar-refractivity contribution in [3.63, 3.8) is 0 Å². The van der Waals surface area contributed by atoms with Gasteiger partial charge in [0.1, 0.15) is 12.2 Å². The average molecular weight is 271 g/mol. The Morgan fingerprint density at radius 3 is 2.80 bits per heavy atom. The SMILES string of the molecule is CC(CN)(CN1CCn2cnnc2C1)c1ccccc1. The van der Waals surface area contributed by atoms with E-state index in [1.165, 1.54) is 5.56 Å². The number of nitrogens with two attached hydrogens (primary N) is 1. The third kappa shape index (κ3) is 2.46. The van der Waals surface area contributed by atoms with Crippen molar-refractivity contribution in [2.45, 2.75) is 25.4 Å². The van der Waals surface area contributed by atoms with Crippen molar-refractivity contribution < 1.29 is 0 Å². The number of aromatic nitrogens is 3. The maximum absolute atomic E-state index is 6.07. The lowest BCUT2D eigenvalue weighted by Gasteiger charge is -2.36. The van der Waals surface area contributed by atoms with Gasteiger partial charge in [0.25, 0.3) is 0 Å². The van der Waals surface area contributed by atoms with Crippen LogP contribution < -0.4 is 5.73 Å². The van der Waals surface area contributed by atoms with Crippen molar-refractivity contribution in [2.75, 3.05) is 19.6 Å². The van der Waals surface area contributed by atoms with Crippen LogP contribution in [0, 0.1) is 0 Å². The smallest absolute Gasteiger partial charge is 0.147 e. The largest absolute Gasteiger partial charge is 0.330 e. The molecule has 0 saturated carbocycles. The van der Waals surface area contributed by atoms with Crippen LogP contribution in [0.2, 0.25) is 0 Å². The average Bonchev–Trinajstić information content (AvgIpc) is 2.95. The van der Waals surface area contributed by atoms with Gasteiger partial charge in [0.15, 0.2) is 0 Å². The lowest BCUT2D eigenvalue weighted by atomic mass is 9.82. The van der Waals surface area contributed by atoms with Crippen LogP contribution in [0.25, 0.3) is 0 Å². The summed E-state index contributed by atoms with van der Waals surface area (Å²) in [6.07, 6.45) is 1.81. The van der Waals surface area contributed by atoms with Gasteiger partial charge in [-0.3, -0.25) is 4.90 Å². The Labute approximate surface area is 119 Å². The van der Waals surface area contributed by atoms with E-state index >= 15 is 0 Å². The molecule has 3 rings (SSSR count). The quantitative estimate of drug-likeness (QED) is 0.901. The Kier molecular flexibility index (Phi) is 3.54. The van der Waals surface area contributed by atoms with E-state index in [1.807, 2.05) is 12.4 Å². The summed E-state index contributed by atoms with van der Waals surface area (Å²) >= 11 is 0. The van der Waals surface area contributed by atoms with Gasteiger partial charge in [0.2, 0.25) is 0 Å². The van der Waals surface area contributed by atoms with Crippen LogP contribution >= 0.6 is 0 Å². The minimum Gasteiger partial charge on any atom is -0.330 e. The third-order valence-corrected chi connectivity index (χ3v) is 4.21. The summed E-state index contributed by atoms with van der Waals surface area (Å²) in [6, 6.07) is 10.5.